The van der Waals surface area contributed by atoms with Gasteiger partial charge in [-0.3, -0.25) is 19.9 Å². The molecule has 302 valence electrons. The number of ether oxygens (including phenoxy) is 1. The van der Waals surface area contributed by atoms with Gasteiger partial charge in [-0.2, -0.15) is 0 Å². The molecule has 1 heterocycles. The Kier molecular flexibility index (Phi) is 14.4. The van der Waals surface area contributed by atoms with Crippen LogP contribution in [0.4, 0.5) is 21.9 Å². The molecule has 4 N–H and O–H groups in total. The van der Waals surface area contributed by atoms with Crippen molar-refractivity contribution in [1.82, 2.24) is 4.90 Å². The van der Waals surface area contributed by atoms with Crippen molar-refractivity contribution in [3.63, 3.8) is 0 Å². The SMILES string of the molecule is Cc1cc(NC(=O)CCN2CCC(OC(=O)Nc3ccccc3-c3ccccc3)CC2)c(C)cc1C=NC[C@@H](O[Si](C)(C)C(C)(C)C)c1ccc(O)c(NC=O)c1. The molecule has 1 aliphatic heterocycles. The Hall–Kier alpha value is -5.30. The van der Waals surface area contributed by atoms with Crippen LogP contribution in [0.1, 0.15) is 68.4 Å². The number of aryl methyl sites for hydroxylation is 2. The maximum Gasteiger partial charge on any atom is 0.411 e. The van der Waals surface area contributed by atoms with Crippen molar-refractivity contribution in [2.75, 3.05) is 42.1 Å². The number of aliphatic imine (C=N–C) groups is 1. The summed E-state index contributed by atoms with van der Waals surface area (Å²) in [6.45, 7) is 17.3. The second-order valence-electron chi connectivity index (χ2n) is 16.2. The molecular formula is C45H57N5O6Si. The molecule has 3 amide bonds. The Labute approximate surface area is 338 Å². The molecule has 0 radical (unpaired) electrons. The minimum atomic E-state index is -2.21. The number of phenolic OH excluding ortho intramolecular Hbond substituents is 1. The van der Waals surface area contributed by atoms with E-state index in [2.05, 4.69) is 54.7 Å². The number of nitrogens with one attached hydrogen (secondary N) is 3. The number of hydrogen-bond donors (Lipinski definition) is 4. The van der Waals surface area contributed by atoms with Gasteiger partial charge in [0.05, 0.1) is 24.0 Å². The third-order valence-corrected chi connectivity index (χ3v) is 15.4. The number of hydrogen-bond acceptors (Lipinski definition) is 8. The number of piperidine rings is 1. The Bertz CT molecular complexity index is 2040. The van der Waals surface area contributed by atoms with Crippen molar-refractivity contribution >= 4 is 50.0 Å². The fraction of sp³-hybridized carbons (Fsp3) is 0.378. The van der Waals surface area contributed by atoms with E-state index in [1.807, 2.05) is 86.8 Å². The maximum absolute atomic E-state index is 13.1. The van der Waals surface area contributed by atoms with Crippen LogP contribution < -0.4 is 16.0 Å². The quantitative estimate of drug-likeness (QED) is 0.0407. The predicted molar refractivity (Wildman–Crippen MR) is 232 cm³/mol. The normalized spacial score (nSPS) is 14.6. The zero-order valence-electron chi connectivity index (χ0n) is 34.2. The van der Waals surface area contributed by atoms with Gasteiger partial charge in [0.15, 0.2) is 8.32 Å². The van der Waals surface area contributed by atoms with Crippen molar-refractivity contribution < 1.29 is 28.7 Å². The minimum absolute atomic E-state index is 0.0193. The number of aromatic hydroxyl groups is 1. The van der Waals surface area contributed by atoms with Gasteiger partial charge >= 0.3 is 6.09 Å². The van der Waals surface area contributed by atoms with E-state index >= 15 is 0 Å². The molecule has 12 heteroatoms. The Morgan fingerprint density at radius 3 is 2.32 bits per heavy atom. The maximum atomic E-state index is 13.1. The lowest BCUT2D eigenvalue weighted by Gasteiger charge is -2.39. The molecule has 1 fully saturated rings. The zero-order valence-corrected chi connectivity index (χ0v) is 35.2. The largest absolute Gasteiger partial charge is 0.506 e. The van der Waals surface area contributed by atoms with Crippen LogP contribution in [0, 0.1) is 13.8 Å². The summed E-state index contributed by atoms with van der Waals surface area (Å²) in [6.07, 6.45) is 3.09. The third kappa shape index (κ3) is 11.9. The van der Waals surface area contributed by atoms with Gasteiger partial charge in [-0.05, 0) is 103 Å². The summed E-state index contributed by atoms with van der Waals surface area (Å²) >= 11 is 0. The van der Waals surface area contributed by atoms with Gasteiger partial charge in [0.2, 0.25) is 12.3 Å². The number of rotatable bonds is 15. The second kappa shape index (κ2) is 19.2. The number of carbonyl (C=O) groups excluding carboxylic acids is 3. The molecule has 4 aromatic carbocycles. The van der Waals surface area contributed by atoms with E-state index in [9.17, 15) is 19.5 Å². The molecule has 0 bridgehead atoms. The summed E-state index contributed by atoms with van der Waals surface area (Å²) < 4.78 is 12.6. The lowest BCUT2D eigenvalue weighted by molar-refractivity contribution is -0.116. The highest BCUT2D eigenvalue weighted by Crippen LogP contribution is 2.40. The summed E-state index contributed by atoms with van der Waals surface area (Å²) in [7, 11) is -2.21. The van der Waals surface area contributed by atoms with Crippen LogP contribution in [-0.2, 0) is 18.8 Å². The van der Waals surface area contributed by atoms with Gasteiger partial charge < -0.3 is 29.8 Å². The number of anilines is 3. The number of amides is 3. The fourth-order valence-electron chi connectivity index (χ4n) is 6.51. The Morgan fingerprint density at radius 1 is 0.912 bits per heavy atom. The highest BCUT2D eigenvalue weighted by molar-refractivity contribution is 6.74. The monoisotopic (exact) mass is 791 g/mol. The fourth-order valence-corrected chi connectivity index (χ4v) is 7.79. The lowest BCUT2D eigenvalue weighted by atomic mass is 10.0. The molecular weight excluding hydrogens is 735 g/mol. The smallest absolute Gasteiger partial charge is 0.411 e. The van der Waals surface area contributed by atoms with Crippen LogP contribution in [0.3, 0.4) is 0 Å². The van der Waals surface area contributed by atoms with Crippen molar-refractivity contribution in [1.29, 1.82) is 0 Å². The van der Waals surface area contributed by atoms with Crippen LogP contribution in [-0.4, -0.2) is 75.2 Å². The van der Waals surface area contributed by atoms with Gasteiger partial charge in [0.25, 0.3) is 0 Å². The summed E-state index contributed by atoms with van der Waals surface area (Å²) in [5.74, 6) is -0.0780. The molecule has 1 saturated heterocycles. The van der Waals surface area contributed by atoms with Crippen LogP contribution in [0.15, 0.2) is 89.9 Å². The van der Waals surface area contributed by atoms with E-state index < -0.39 is 14.4 Å². The predicted octanol–water partition coefficient (Wildman–Crippen LogP) is 9.47. The Morgan fingerprint density at radius 2 is 1.61 bits per heavy atom. The van der Waals surface area contributed by atoms with Gasteiger partial charge in [-0.25, -0.2) is 4.79 Å². The van der Waals surface area contributed by atoms with Crippen molar-refractivity contribution in [3.05, 3.63) is 107 Å². The first kappa shape index (κ1) is 42.8. The van der Waals surface area contributed by atoms with Gasteiger partial charge in [-0.15, -0.1) is 0 Å². The van der Waals surface area contributed by atoms with Crippen molar-refractivity contribution in [3.8, 4) is 16.9 Å². The second-order valence-corrected chi connectivity index (χ2v) is 21.0. The van der Waals surface area contributed by atoms with E-state index in [1.165, 1.54) is 0 Å². The van der Waals surface area contributed by atoms with E-state index in [0.717, 1.165) is 52.2 Å². The molecule has 0 saturated carbocycles. The van der Waals surface area contributed by atoms with E-state index in [1.54, 1.807) is 18.2 Å². The molecule has 0 aliphatic carbocycles. The summed E-state index contributed by atoms with van der Waals surface area (Å²) in [5.41, 5.74) is 7.38. The average Bonchev–Trinajstić information content (AvgIpc) is 3.17. The summed E-state index contributed by atoms with van der Waals surface area (Å²) in [6, 6.07) is 26.7. The van der Waals surface area contributed by atoms with Gasteiger partial charge in [0.1, 0.15) is 11.9 Å². The zero-order chi connectivity index (χ0) is 41.2. The lowest BCUT2D eigenvalue weighted by Crippen LogP contribution is -2.42. The first-order valence-corrected chi connectivity index (χ1v) is 22.5. The average molecular weight is 792 g/mol. The van der Waals surface area contributed by atoms with Crippen molar-refractivity contribution in [2.45, 2.75) is 84.2 Å². The molecule has 0 unspecified atom stereocenters. The molecule has 11 nitrogen and oxygen atoms in total. The first-order valence-electron chi connectivity index (χ1n) is 19.6. The van der Waals surface area contributed by atoms with E-state index in [0.29, 0.717) is 50.1 Å². The number of nitrogens with zero attached hydrogens (tertiary/aromatic N) is 2. The summed E-state index contributed by atoms with van der Waals surface area (Å²) in [4.78, 5) is 44.1. The van der Waals surface area contributed by atoms with Crippen LogP contribution in [0.2, 0.25) is 18.1 Å². The molecule has 57 heavy (non-hydrogen) atoms. The van der Waals surface area contributed by atoms with Crippen LogP contribution >= 0.6 is 0 Å². The number of likely N-dealkylation sites (tertiary alicyclic amines) is 1. The molecule has 0 spiro atoms. The Balaban J connectivity index is 1.11. The van der Waals surface area contributed by atoms with E-state index in [-0.39, 0.29) is 28.9 Å². The number of carbonyl (C=O) groups is 3. The number of phenols is 1. The van der Waals surface area contributed by atoms with Gasteiger partial charge in [-0.1, -0.05) is 75.4 Å². The summed E-state index contributed by atoms with van der Waals surface area (Å²) in [5, 5.41) is 18.8. The number of para-hydroxylation sites is 1. The molecule has 4 aromatic rings. The number of benzene rings is 4. The van der Waals surface area contributed by atoms with Crippen molar-refractivity contribution in [2.24, 2.45) is 4.99 Å². The standard InChI is InChI=1S/C45H57N5O6Si/c1-31-26-39(32(2)25-35(31)28-46-29-42(56-57(6,7)45(3,4)5)34-17-18-41(52)40(27-34)47-30-51)48-43(53)21-24-50-22-19-36(20-23-50)55-44(54)49-38-16-12-11-15-37(38)33-13-9-8-10-14-33/h8-18,25-28,30,36,42,52H,19-24,29H2,1-7H3,(H,47,51)(H,48,53)(H,49,54)/t42-/m1/s1. The third-order valence-electron chi connectivity index (χ3n) is 11.0. The molecule has 5 rings (SSSR count). The van der Waals surface area contributed by atoms with Gasteiger partial charge in [0, 0.05) is 43.5 Å². The van der Waals surface area contributed by atoms with Crippen LogP contribution in [0.5, 0.6) is 5.75 Å². The highest BCUT2D eigenvalue weighted by atomic mass is 28.4. The molecule has 1 atom stereocenters. The molecule has 0 aromatic heterocycles. The van der Waals surface area contributed by atoms with E-state index in [4.69, 9.17) is 14.2 Å². The first-order chi connectivity index (χ1) is 27.1. The van der Waals surface area contributed by atoms with Crippen LogP contribution in [0.25, 0.3) is 11.1 Å². The molecule has 1 aliphatic rings. The minimum Gasteiger partial charge on any atom is -0.506 e. The highest BCUT2D eigenvalue weighted by Gasteiger charge is 2.39. The topological polar surface area (TPSA) is 142 Å².